The average molecular weight is 402 g/mol. The summed E-state index contributed by atoms with van der Waals surface area (Å²) in [6, 6.07) is 7.44. The van der Waals surface area contributed by atoms with Crippen LogP contribution >= 0.6 is 0 Å². The summed E-state index contributed by atoms with van der Waals surface area (Å²) in [4.78, 5) is 31.8. The van der Waals surface area contributed by atoms with Gasteiger partial charge in [0.25, 0.3) is 0 Å². The fourth-order valence-corrected chi connectivity index (χ4v) is 3.85. The van der Waals surface area contributed by atoms with Gasteiger partial charge in [-0.25, -0.2) is 5.48 Å². The standard InChI is InChI=1S/C22H31N3O4/c1-3-13-25(22(27)17-8-5-6-9-17)15-18-10-7-14-24(18)16-19-11-12-20(29-19)21(26)23-28-4-2/h7,10-12,14,17H,3-6,8-9,13,15-16H2,1-2H3,(H,23,26). The van der Waals surface area contributed by atoms with Crippen LogP contribution in [0.4, 0.5) is 0 Å². The highest BCUT2D eigenvalue weighted by Gasteiger charge is 2.27. The van der Waals surface area contributed by atoms with Crippen LogP contribution in [-0.2, 0) is 22.7 Å². The van der Waals surface area contributed by atoms with Gasteiger partial charge in [0.2, 0.25) is 5.91 Å². The van der Waals surface area contributed by atoms with Gasteiger partial charge in [-0.3, -0.25) is 14.4 Å². The Morgan fingerprint density at radius 1 is 1.24 bits per heavy atom. The van der Waals surface area contributed by atoms with Crippen molar-refractivity contribution in [3.05, 3.63) is 47.7 Å². The number of hydroxylamine groups is 1. The number of nitrogens with one attached hydrogen (secondary N) is 1. The Bertz CT molecular complexity index is 805. The maximum Gasteiger partial charge on any atom is 0.310 e. The molecule has 0 spiro atoms. The molecule has 2 aromatic rings. The number of hydrogen-bond donors (Lipinski definition) is 1. The molecule has 3 rings (SSSR count). The Morgan fingerprint density at radius 2 is 2.03 bits per heavy atom. The summed E-state index contributed by atoms with van der Waals surface area (Å²) >= 11 is 0. The number of hydrogen-bond acceptors (Lipinski definition) is 4. The molecule has 0 bridgehead atoms. The zero-order valence-electron chi connectivity index (χ0n) is 17.4. The lowest BCUT2D eigenvalue weighted by molar-refractivity contribution is -0.136. The first-order valence-corrected chi connectivity index (χ1v) is 10.6. The van der Waals surface area contributed by atoms with Gasteiger partial charge >= 0.3 is 5.91 Å². The number of amides is 2. The fourth-order valence-electron chi connectivity index (χ4n) is 3.85. The van der Waals surface area contributed by atoms with Crippen LogP contribution in [0.1, 0.15) is 68.0 Å². The van der Waals surface area contributed by atoms with E-state index in [1.54, 1.807) is 19.1 Å². The molecule has 7 heteroatoms. The van der Waals surface area contributed by atoms with E-state index < -0.39 is 5.91 Å². The molecule has 2 amide bonds. The van der Waals surface area contributed by atoms with Crippen molar-refractivity contribution in [1.82, 2.24) is 14.9 Å². The highest BCUT2D eigenvalue weighted by molar-refractivity contribution is 5.90. The van der Waals surface area contributed by atoms with Gasteiger partial charge in [-0.2, -0.15) is 0 Å². The smallest absolute Gasteiger partial charge is 0.310 e. The molecular formula is C22H31N3O4. The first-order chi connectivity index (χ1) is 14.1. The SMILES string of the molecule is CCCN(Cc1cccn1Cc1ccc(C(=O)NOCC)o1)C(=O)C1CCCC1. The van der Waals surface area contributed by atoms with Crippen molar-refractivity contribution >= 4 is 11.8 Å². The highest BCUT2D eigenvalue weighted by atomic mass is 16.7. The second-order valence-electron chi connectivity index (χ2n) is 7.50. The van der Waals surface area contributed by atoms with E-state index in [9.17, 15) is 9.59 Å². The molecule has 0 aliphatic heterocycles. The van der Waals surface area contributed by atoms with Gasteiger partial charge in [0, 0.05) is 24.4 Å². The second-order valence-corrected chi connectivity index (χ2v) is 7.50. The van der Waals surface area contributed by atoms with Gasteiger partial charge < -0.3 is 13.9 Å². The Hall–Kier alpha value is -2.54. The maximum absolute atomic E-state index is 12.9. The number of nitrogens with zero attached hydrogens (tertiary/aromatic N) is 2. The van der Waals surface area contributed by atoms with Crippen LogP contribution in [0.2, 0.25) is 0 Å². The van der Waals surface area contributed by atoms with Gasteiger partial charge in [-0.1, -0.05) is 19.8 Å². The van der Waals surface area contributed by atoms with Gasteiger partial charge in [0.05, 0.1) is 19.7 Å². The number of furan rings is 1. The Morgan fingerprint density at radius 3 is 2.76 bits per heavy atom. The molecule has 2 aromatic heterocycles. The van der Waals surface area contributed by atoms with Gasteiger partial charge in [-0.15, -0.1) is 0 Å². The lowest BCUT2D eigenvalue weighted by atomic mass is 10.1. The molecular weight excluding hydrogens is 370 g/mol. The average Bonchev–Trinajstić information content (AvgIpc) is 3.48. The van der Waals surface area contributed by atoms with Crippen LogP contribution in [0.5, 0.6) is 0 Å². The highest BCUT2D eigenvalue weighted by Crippen LogP contribution is 2.27. The zero-order valence-corrected chi connectivity index (χ0v) is 17.4. The van der Waals surface area contributed by atoms with Crippen LogP contribution < -0.4 is 5.48 Å². The minimum atomic E-state index is -0.401. The number of carbonyl (C=O) groups is 2. The lowest BCUT2D eigenvalue weighted by Gasteiger charge is -2.26. The third-order valence-corrected chi connectivity index (χ3v) is 5.31. The fraction of sp³-hybridized carbons (Fsp3) is 0.545. The van der Waals surface area contributed by atoms with E-state index in [2.05, 4.69) is 17.0 Å². The molecule has 1 fully saturated rings. The van der Waals surface area contributed by atoms with Crippen LogP contribution in [-0.4, -0.2) is 34.4 Å². The molecule has 158 valence electrons. The summed E-state index contributed by atoms with van der Waals surface area (Å²) in [7, 11) is 0. The third kappa shape index (κ3) is 5.50. The van der Waals surface area contributed by atoms with Gasteiger partial charge in [0.15, 0.2) is 5.76 Å². The molecule has 0 saturated heterocycles. The molecule has 0 aromatic carbocycles. The van der Waals surface area contributed by atoms with Gasteiger partial charge in [-0.05, 0) is 50.5 Å². The monoisotopic (exact) mass is 401 g/mol. The molecule has 1 aliphatic carbocycles. The van der Waals surface area contributed by atoms with Crippen molar-refractivity contribution in [1.29, 1.82) is 0 Å². The number of carbonyl (C=O) groups excluding carboxylic acids is 2. The summed E-state index contributed by atoms with van der Waals surface area (Å²) in [5, 5.41) is 0. The van der Waals surface area contributed by atoms with Crippen molar-refractivity contribution < 1.29 is 18.8 Å². The molecule has 0 radical (unpaired) electrons. The number of aromatic nitrogens is 1. The van der Waals surface area contributed by atoms with Gasteiger partial charge in [0.1, 0.15) is 5.76 Å². The van der Waals surface area contributed by atoms with E-state index in [4.69, 9.17) is 9.25 Å². The predicted molar refractivity (Wildman–Crippen MR) is 109 cm³/mol. The largest absolute Gasteiger partial charge is 0.454 e. The molecule has 2 heterocycles. The van der Waals surface area contributed by atoms with Crippen LogP contribution in [0, 0.1) is 5.92 Å². The minimum absolute atomic E-state index is 0.182. The van der Waals surface area contributed by atoms with Crippen LogP contribution in [0.25, 0.3) is 0 Å². The normalized spacial score (nSPS) is 14.3. The van der Waals surface area contributed by atoms with Crippen molar-refractivity contribution in [3.63, 3.8) is 0 Å². The molecule has 0 atom stereocenters. The summed E-state index contributed by atoms with van der Waals surface area (Å²) in [5.74, 6) is 0.952. The zero-order chi connectivity index (χ0) is 20.6. The van der Waals surface area contributed by atoms with E-state index in [0.717, 1.165) is 44.3 Å². The van der Waals surface area contributed by atoms with E-state index in [1.165, 1.54) is 0 Å². The molecule has 1 saturated carbocycles. The summed E-state index contributed by atoms with van der Waals surface area (Å²) < 4.78 is 7.72. The van der Waals surface area contributed by atoms with Crippen LogP contribution in [0.3, 0.4) is 0 Å². The molecule has 0 unspecified atom stereocenters. The molecule has 29 heavy (non-hydrogen) atoms. The van der Waals surface area contributed by atoms with E-state index in [0.29, 0.717) is 25.5 Å². The van der Waals surface area contributed by atoms with E-state index in [-0.39, 0.29) is 17.6 Å². The molecule has 7 nitrogen and oxygen atoms in total. The van der Waals surface area contributed by atoms with E-state index >= 15 is 0 Å². The lowest BCUT2D eigenvalue weighted by Crippen LogP contribution is -2.36. The summed E-state index contributed by atoms with van der Waals surface area (Å²) in [5.41, 5.74) is 3.38. The maximum atomic E-state index is 12.9. The first kappa shape index (κ1) is 21.2. The van der Waals surface area contributed by atoms with E-state index in [1.807, 2.05) is 23.2 Å². The van der Waals surface area contributed by atoms with Crippen molar-refractivity contribution in [2.24, 2.45) is 5.92 Å². The van der Waals surface area contributed by atoms with Crippen molar-refractivity contribution in [2.45, 2.75) is 59.0 Å². The minimum Gasteiger partial charge on any atom is -0.454 e. The number of rotatable bonds is 10. The van der Waals surface area contributed by atoms with Crippen LogP contribution in [0.15, 0.2) is 34.9 Å². The Labute approximate surface area is 172 Å². The Balaban J connectivity index is 1.66. The summed E-state index contributed by atoms with van der Waals surface area (Å²) in [6.07, 6.45) is 7.25. The molecule has 1 N–H and O–H groups in total. The van der Waals surface area contributed by atoms with Crippen molar-refractivity contribution in [2.75, 3.05) is 13.2 Å². The van der Waals surface area contributed by atoms with Crippen molar-refractivity contribution in [3.8, 4) is 0 Å². The second kappa shape index (κ2) is 10.3. The Kier molecular flexibility index (Phi) is 7.52. The topological polar surface area (TPSA) is 76.7 Å². The summed E-state index contributed by atoms with van der Waals surface area (Å²) in [6.45, 7) is 6.14. The third-order valence-electron chi connectivity index (χ3n) is 5.31. The predicted octanol–water partition coefficient (Wildman–Crippen LogP) is 3.74. The quantitative estimate of drug-likeness (QED) is 0.615. The molecule has 1 aliphatic rings. The first-order valence-electron chi connectivity index (χ1n) is 10.6.